The van der Waals surface area contributed by atoms with Crippen LogP contribution in [0.15, 0.2) is 134 Å². The van der Waals surface area contributed by atoms with Crippen molar-refractivity contribution < 1.29 is 89.4 Å². The predicted molar refractivity (Wildman–Crippen MR) is 480 cm³/mol. The fraction of sp³-hybridized carbons (Fsp3) is 0.768. The first-order chi connectivity index (χ1) is 57.8. The largest absolute Gasteiger partial charge is 0.394 e. The van der Waals surface area contributed by atoms with Crippen LogP contribution in [0.5, 0.6) is 0 Å². The molecule has 0 aromatic rings. The second kappa shape index (κ2) is 76.6. The number of aliphatic hydroxyl groups is 11. The quantitative estimate of drug-likeness (QED) is 0.0199. The summed E-state index contributed by atoms with van der Waals surface area (Å²) < 4.78 is 34.5. The first-order valence-corrected chi connectivity index (χ1v) is 47.4. The maximum atomic E-state index is 13.5. The van der Waals surface area contributed by atoms with Gasteiger partial charge in [-0.25, -0.2) is 0 Å². The summed E-state index contributed by atoms with van der Waals surface area (Å²) in [5.41, 5.74) is 0. The highest BCUT2D eigenvalue weighted by Crippen LogP contribution is 2.34. The molecule has 0 spiro atoms. The van der Waals surface area contributed by atoms with Crippen molar-refractivity contribution in [2.75, 3.05) is 26.4 Å². The fourth-order valence-corrected chi connectivity index (χ4v) is 15.2. The van der Waals surface area contributed by atoms with Gasteiger partial charge in [0, 0.05) is 6.42 Å². The highest BCUT2D eigenvalue weighted by molar-refractivity contribution is 5.76. The molecule has 3 saturated heterocycles. The Hall–Kier alpha value is -4.07. The molecular formula is C99H171NO18. The molecular weight excluding hydrogens is 1490 g/mol. The van der Waals surface area contributed by atoms with E-state index >= 15 is 0 Å². The second-order valence-electron chi connectivity index (χ2n) is 33.1. The van der Waals surface area contributed by atoms with Crippen molar-refractivity contribution in [2.24, 2.45) is 0 Å². The first-order valence-electron chi connectivity index (χ1n) is 47.4. The van der Waals surface area contributed by atoms with Gasteiger partial charge in [-0.3, -0.25) is 4.79 Å². The van der Waals surface area contributed by atoms with Crippen molar-refractivity contribution in [3.63, 3.8) is 0 Å². The number of nitrogens with one attached hydrogen (secondary N) is 1. The van der Waals surface area contributed by atoms with E-state index in [1.54, 1.807) is 6.08 Å². The monoisotopic (exact) mass is 1660 g/mol. The summed E-state index contributed by atoms with van der Waals surface area (Å²) in [5, 5.41) is 121. The molecule has 0 aromatic carbocycles. The molecule has 0 aromatic heterocycles. The Bertz CT molecular complexity index is 2650. The molecule has 17 unspecified atom stereocenters. The summed E-state index contributed by atoms with van der Waals surface area (Å²) in [6.45, 7) is 1.64. The fourth-order valence-electron chi connectivity index (χ4n) is 15.2. The number of amides is 1. The SMILES string of the molecule is CC/C=C\C/C=C\C/C=C\C/C=C\C/C=C\C/C=C\C/C=C\C/C=C\C/C=C\CCCCCCCCCCCCCCCC(=O)NC(COC1OC(CO)C(OC2OC(CO)C(OC3OC(CO)C(O)C(O)C3O)C(O)C2O)C(O)C1O)C(O)/C=C/CC/C=C/CCCCCCCCCCCCCCCCCCCCCCCCCCCC. The molecule has 118 heavy (non-hydrogen) atoms. The summed E-state index contributed by atoms with van der Waals surface area (Å²) >= 11 is 0. The highest BCUT2D eigenvalue weighted by Gasteiger charge is 2.54. The molecule has 19 nitrogen and oxygen atoms in total. The zero-order valence-corrected chi connectivity index (χ0v) is 73.6. The molecule has 3 rings (SSSR count). The molecule has 0 aliphatic carbocycles. The van der Waals surface area contributed by atoms with Gasteiger partial charge < -0.3 is 89.9 Å². The summed E-state index contributed by atoms with van der Waals surface area (Å²) in [6, 6.07) is -1.00. The topological polar surface area (TPSA) is 307 Å². The van der Waals surface area contributed by atoms with Crippen molar-refractivity contribution in [2.45, 2.75) is 458 Å². The van der Waals surface area contributed by atoms with Crippen molar-refractivity contribution in [3.05, 3.63) is 134 Å². The van der Waals surface area contributed by atoms with Gasteiger partial charge in [-0.15, -0.1) is 0 Å². The summed E-state index contributed by atoms with van der Waals surface area (Å²) in [4.78, 5) is 13.5. The van der Waals surface area contributed by atoms with Gasteiger partial charge >= 0.3 is 0 Å². The highest BCUT2D eigenvalue weighted by atomic mass is 16.8. The smallest absolute Gasteiger partial charge is 0.220 e. The van der Waals surface area contributed by atoms with Crippen LogP contribution in [0.4, 0.5) is 0 Å². The van der Waals surface area contributed by atoms with Gasteiger partial charge in [-0.1, -0.05) is 379 Å². The van der Waals surface area contributed by atoms with Gasteiger partial charge in [-0.2, -0.15) is 0 Å². The summed E-state index contributed by atoms with van der Waals surface area (Å²) in [7, 11) is 0. The Kier molecular flexibility index (Phi) is 70.2. The average molecular weight is 1660 g/mol. The second-order valence-corrected chi connectivity index (χ2v) is 33.1. The number of allylic oxidation sites excluding steroid dienone is 21. The molecule has 3 aliphatic heterocycles. The van der Waals surface area contributed by atoms with Gasteiger partial charge in [0.1, 0.15) is 73.2 Å². The number of carbonyl (C=O) groups is 1. The Morgan fingerprint density at radius 2 is 0.593 bits per heavy atom. The molecule has 3 aliphatic rings. The lowest BCUT2D eigenvalue weighted by molar-refractivity contribution is -0.379. The number of unbranched alkanes of at least 4 members (excludes halogenated alkanes) is 40. The minimum Gasteiger partial charge on any atom is -0.394 e. The van der Waals surface area contributed by atoms with Crippen LogP contribution in [-0.4, -0.2) is 193 Å². The van der Waals surface area contributed by atoms with Crippen molar-refractivity contribution in [3.8, 4) is 0 Å². The molecule has 1 amide bonds. The van der Waals surface area contributed by atoms with Crippen LogP contribution >= 0.6 is 0 Å². The lowest BCUT2D eigenvalue weighted by atomic mass is 9.96. The zero-order valence-electron chi connectivity index (χ0n) is 73.6. The van der Waals surface area contributed by atoms with E-state index in [1.165, 1.54) is 212 Å². The van der Waals surface area contributed by atoms with Crippen molar-refractivity contribution in [1.29, 1.82) is 0 Å². The summed E-state index contributed by atoms with van der Waals surface area (Å²) in [6.07, 6.45) is 84.6. The number of hydrogen-bond acceptors (Lipinski definition) is 18. The van der Waals surface area contributed by atoms with Crippen LogP contribution in [-0.2, 0) is 33.2 Å². The Morgan fingerprint density at radius 3 is 0.949 bits per heavy atom. The van der Waals surface area contributed by atoms with Gasteiger partial charge in [0.05, 0.1) is 38.6 Å². The standard InChI is InChI=1S/C99H171NO18/c1-3-5-7-9-11-13-15-17-19-21-23-25-27-29-31-33-35-37-38-39-40-41-42-43-44-45-47-49-51-53-55-57-59-61-63-65-67-69-71-73-75-77-87(105)100-82(83(104)76-74-72-70-68-66-64-62-60-58-56-54-52-50-48-46-36-34-32-30-28-26-24-22-20-18-16-14-12-10-8-6-4-2)81-113-97-93(111)90(108)95(85(79-102)115-97)118-99-94(112)91(109)96(86(80-103)116-99)117-98-92(110)89(107)88(106)84(78-101)114-98/h5,7,11,13,17,19,23,25,29,31,35,37,39-40,42-43,45,47,66,68,74,76,82-86,88-99,101-104,106-112H,3-4,6,8-10,12,14-16,18,20-22,24,26-28,30,32-34,36,38,41,44,46,48-65,67,69-73,75,77-81H2,1-2H3,(H,100,105)/b7-5-,13-11-,19-17-,25-23-,31-29-,37-35-,40-39-,43-42-,47-45-,68-66+,76-74+. The first kappa shape index (κ1) is 108. The van der Waals surface area contributed by atoms with E-state index in [2.05, 4.69) is 141 Å². The van der Waals surface area contributed by atoms with E-state index in [9.17, 15) is 61.0 Å². The van der Waals surface area contributed by atoms with E-state index in [0.29, 0.717) is 12.8 Å². The predicted octanol–water partition coefficient (Wildman–Crippen LogP) is 19.1. The Labute approximate surface area is 715 Å². The third-order valence-electron chi connectivity index (χ3n) is 22.7. The lowest BCUT2D eigenvalue weighted by Crippen LogP contribution is -2.66. The maximum absolute atomic E-state index is 13.5. The van der Waals surface area contributed by atoms with Gasteiger partial charge in [0.25, 0.3) is 0 Å². The Morgan fingerprint density at radius 1 is 0.314 bits per heavy atom. The molecule has 0 saturated carbocycles. The molecule has 680 valence electrons. The van der Waals surface area contributed by atoms with E-state index in [0.717, 1.165) is 109 Å². The third kappa shape index (κ3) is 53.8. The molecule has 0 radical (unpaired) electrons. The van der Waals surface area contributed by atoms with E-state index in [4.69, 9.17) is 28.4 Å². The number of ether oxygens (including phenoxy) is 6. The van der Waals surface area contributed by atoms with E-state index < -0.39 is 124 Å². The zero-order chi connectivity index (χ0) is 85.2. The molecule has 3 heterocycles. The molecule has 3 fully saturated rings. The third-order valence-corrected chi connectivity index (χ3v) is 22.7. The molecule has 12 N–H and O–H groups in total. The van der Waals surface area contributed by atoms with Gasteiger partial charge in [0.15, 0.2) is 18.9 Å². The van der Waals surface area contributed by atoms with Crippen LogP contribution in [0.2, 0.25) is 0 Å². The Balaban J connectivity index is 1.32. The summed E-state index contributed by atoms with van der Waals surface area (Å²) in [5.74, 6) is -0.287. The van der Waals surface area contributed by atoms with Crippen LogP contribution in [0.3, 0.4) is 0 Å². The van der Waals surface area contributed by atoms with Crippen LogP contribution < -0.4 is 5.32 Å². The van der Waals surface area contributed by atoms with Gasteiger partial charge in [0.2, 0.25) is 5.91 Å². The molecule has 0 bridgehead atoms. The molecule has 17 atom stereocenters. The number of aliphatic hydroxyl groups excluding tert-OH is 11. The van der Waals surface area contributed by atoms with E-state index in [-0.39, 0.29) is 18.9 Å². The average Bonchev–Trinajstić information content (AvgIpc) is 0.777. The van der Waals surface area contributed by atoms with Gasteiger partial charge in [-0.05, 0) is 103 Å². The van der Waals surface area contributed by atoms with Crippen molar-refractivity contribution in [1.82, 2.24) is 5.32 Å². The number of carbonyl (C=O) groups excluding carboxylic acids is 1. The molecule has 19 heteroatoms. The van der Waals surface area contributed by atoms with Crippen LogP contribution in [0, 0.1) is 0 Å². The van der Waals surface area contributed by atoms with Crippen molar-refractivity contribution >= 4 is 5.91 Å². The minimum absolute atomic E-state index is 0.227. The maximum Gasteiger partial charge on any atom is 0.220 e. The number of hydrogen-bond donors (Lipinski definition) is 12. The lowest BCUT2D eigenvalue weighted by Gasteiger charge is -2.48. The van der Waals surface area contributed by atoms with E-state index in [1.807, 2.05) is 6.08 Å². The minimum atomic E-state index is -1.99. The normalized spacial score (nSPS) is 24.9. The number of rotatable bonds is 76. The van der Waals surface area contributed by atoms with Crippen LogP contribution in [0.1, 0.15) is 354 Å². The van der Waals surface area contributed by atoms with Crippen LogP contribution in [0.25, 0.3) is 0 Å².